The summed E-state index contributed by atoms with van der Waals surface area (Å²) in [5.41, 5.74) is 8.38. The van der Waals surface area contributed by atoms with Gasteiger partial charge in [-0.15, -0.1) is 0 Å². The highest BCUT2D eigenvalue weighted by atomic mass is 16.7. The Hall–Kier alpha value is -5.31. The van der Waals surface area contributed by atoms with Gasteiger partial charge in [0.15, 0.2) is 29.6 Å². The maximum atomic E-state index is 13.9. The fourth-order valence-corrected chi connectivity index (χ4v) is 5.54. The molecule has 1 saturated heterocycles. The van der Waals surface area contributed by atoms with Crippen LogP contribution in [0.1, 0.15) is 51.2 Å². The molecule has 0 aliphatic carbocycles. The van der Waals surface area contributed by atoms with Gasteiger partial charge in [0.1, 0.15) is 11.6 Å². The quantitative estimate of drug-likeness (QED) is 0.0564. The van der Waals surface area contributed by atoms with Crippen LogP contribution in [0.25, 0.3) is 0 Å². The number of hydrogen-bond donors (Lipinski definition) is 6. The summed E-state index contributed by atoms with van der Waals surface area (Å²) in [4.78, 5) is 71.2. The van der Waals surface area contributed by atoms with Crippen molar-refractivity contribution in [1.29, 1.82) is 0 Å². The number of aliphatic carboxylic acids is 1. The fraction of sp³-hybridized carbons (Fsp3) is 0.410. The number of nitrogens with one attached hydrogen (secondary N) is 4. The Kier molecular flexibility index (Phi) is 14.5. The van der Waals surface area contributed by atoms with Crippen molar-refractivity contribution in [3.8, 4) is 0 Å². The minimum atomic E-state index is -2.26. The molecule has 53 heavy (non-hydrogen) atoms. The summed E-state index contributed by atoms with van der Waals surface area (Å²) in [5, 5.41) is 18.5. The Morgan fingerprint density at radius 3 is 2.02 bits per heavy atom. The molecule has 0 spiro atoms. The van der Waals surface area contributed by atoms with E-state index in [0.29, 0.717) is 25.1 Å². The van der Waals surface area contributed by atoms with Crippen LogP contribution in [0.4, 0.5) is 10.5 Å². The van der Waals surface area contributed by atoms with E-state index in [4.69, 9.17) is 20.0 Å². The van der Waals surface area contributed by atoms with Crippen LogP contribution in [0.15, 0.2) is 91.0 Å². The lowest BCUT2D eigenvalue weighted by Crippen LogP contribution is -2.62. The number of carbonyl (C=O) groups excluding carboxylic acids is 4. The second kappa shape index (κ2) is 19.0. The van der Waals surface area contributed by atoms with Crippen LogP contribution in [0.2, 0.25) is 0 Å². The number of Topliss-reactive ketones (excluding diaryl/α,β-unsaturated/α-hetero) is 1. The van der Waals surface area contributed by atoms with Crippen LogP contribution < -0.4 is 27.2 Å². The Morgan fingerprint density at radius 1 is 0.811 bits per heavy atom. The summed E-state index contributed by atoms with van der Waals surface area (Å²) in [6.07, 6.45) is -4.07. The van der Waals surface area contributed by atoms with E-state index in [0.717, 1.165) is 11.1 Å². The van der Waals surface area contributed by atoms with Crippen molar-refractivity contribution in [2.45, 2.75) is 88.4 Å². The molecule has 3 aromatic rings. The number of anilines is 1. The Morgan fingerprint density at radius 2 is 1.42 bits per heavy atom. The number of hydrogen-bond acceptors (Lipinski definition) is 10. The number of carboxylic acid groups (broad SMARTS) is 1. The summed E-state index contributed by atoms with van der Waals surface area (Å²) in [7, 11) is 0. The van der Waals surface area contributed by atoms with Crippen molar-refractivity contribution < 1.29 is 43.4 Å². The fourth-order valence-electron chi connectivity index (χ4n) is 5.54. The molecule has 5 atom stereocenters. The summed E-state index contributed by atoms with van der Waals surface area (Å²) in [5.74, 6) is -3.51. The highest BCUT2D eigenvalue weighted by Gasteiger charge is 2.58. The van der Waals surface area contributed by atoms with Crippen LogP contribution >= 0.6 is 0 Å². The molecule has 4 rings (SSSR count). The summed E-state index contributed by atoms with van der Waals surface area (Å²) >= 11 is 0. The van der Waals surface area contributed by atoms with Crippen LogP contribution in [0.3, 0.4) is 0 Å². The first-order chi connectivity index (χ1) is 25.3. The smallest absolute Gasteiger partial charge is 0.407 e. The van der Waals surface area contributed by atoms with Crippen LogP contribution in [0.5, 0.6) is 0 Å². The van der Waals surface area contributed by atoms with Gasteiger partial charge in [-0.25, -0.2) is 4.79 Å². The molecule has 14 heteroatoms. The van der Waals surface area contributed by atoms with Crippen molar-refractivity contribution in [1.82, 2.24) is 16.0 Å². The molecule has 284 valence electrons. The summed E-state index contributed by atoms with van der Waals surface area (Å²) in [6.45, 7) is 5.70. The molecule has 1 aliphatic heterocycles. The molecule has 3 amide bonds. The third kappa shape index (κ3) is 12.7. The number of benzene rings is 3. The number of epoxide rings is 1. The van der Waals surface area contributed by atoms with Crippen LogP contribution in [-0.4, -0.2) is 83.3 Å². The van der Waals surface area contributed by atoms with E-state index in [1.54, 1.807) is 51.1 Å². The molecule has 7 N–H and O–H groups in total. The van der Waals surface area contributed by atoms with E-state index in [2.05, 4.69) is 21.4 Å². The topological polar surface area (TPSA) is 211 Å². The maximum absolute atomic E-state index is 13.9. The number of carboxylic acids is 1. The Bertz CT molecular complexity index is 1670. The first-order valence-electron chi connectivity index (χ1n) is 17.6. The number of rotatable bonds is 20. The molecule has 1 aliphatic rings. The van der Waals surface area contributed by atoms with E-state index in [1.165, 1.54) is 0 Å². The molecule has 14 nitrogen and oxygen atoms in total. The monoisotopic (exact) mass is 731 g/mol. The number of para-hydroxylation sites is 1. The molecular weight excluding hydrogens is 682 g/mol. The largest absolute Gasteiger partial charge is 0.480 e. The minimum Gasteiger partial charge on any atom is -0.480 e. The van der Waals surface area contributed by atoms with Crippen LogP contribution in [-0.2, 0) is 46.3 Å². The average molecular weight is 732 g/mol. The third-order valence-corrected chi connectivity index (χ3v) is 8.38. The van der Waals surface area contributed by atoms with E-state index in [1.807, 2.05) is 60.7 Å². The van der Waals surface area contributed by atoms with Gasteiger partial charge in [0.2, 0.25) is 5.91 Å². The van der Waals surface area contributed by atoms with Crippen molar-refractivity contribution in [3.63, 3.8) is 0 Å². The maximum Gasteiger partial charge on any atom is 0.407 e. The van der Waals surface area contributed by atoms with Gasteiger partial charge in [0.05, 0.1) is 5.69 Å². The number of nitrogens with two attached hydrogens (primary N) is 1. The molecule has 1 heterocycles. The molecule has 0 saturated carbocycles. The third-order valence-electron chi connectivity index (χ3n) is 8.38. The molecular formula is C39H49N5O9. The first-order valence-corrected chi connectivity index (χ1v) is 17.6. The number of unbranched alkanes of at least 4 members (excludes halogenated alkanes) is 1. The SMILES string of the molecule is CC(C)(C)OC(=O)NCCCC[C@@](N)(C(=O)O)C(ONc1ccccc1)C(=O)[C@H]1O[C@@H]1C(=O)NC(Cc1ccccc1)C(=O)NCCc1ccccc1. The minimum absolute atomic E-state index is 0.171. The van der Waals surface area contributed by atoms with Gasteiger partial charge in [-0.05, 0) is 69.7 Å². The van der Waals surface area contributed by atoms with Gasteiger partial charge in [-0.2, -0.15) is 0 Å². The second-order valence-corrected chi connectivity index (χ2v) is 13.9. The van der Waals surface area contributed by atoms with E-state index < -0.39 is 65.2 Å². The summed E-state index contributed by atoms with van der Waals surface area (Å²) in [6, 6.07) is 26.3. The number of ether oxygens (including phenoxy) is 2. The lowest BCUT2D eigenvalue weighted by Gasteiger charge is -2.32. The van der Waals surface area contributed by atoms with Gasteiger partial charge < -0.3 is 36.3 Å². The second-order valence-electron chi connectivity index (χ2n) is 13.9. The van der Waals surface area contributed by atoms with Gasteiger partial charge in [0, 0.05) is 19.5 Å². The zero-order chi connectivity index (χ0) is 38.4. The lowest BCUT2D eigenvalue weighted by atomic mass is 9.84. The number of ketones is 1. The van der Waals surface area contributed by atoms with Crippen LogP contribution in [0, 0.1) is 0 Å². The first kappa shape index (κ1) is 40.5. The van der Waals surface area contributed by atoms with Crippen molar-refractivity contribution >= 4 is 35.3 Å². The highest BCUT2D eigenvalue weighted by Crippen LogP contribution is 2.31. The molecule has 2 unspecified atom stereocenters. The van der Waals surface area contributed by atoms with E-state index in [-0.39, 0.29) is 25.8 Å². The van der Waals surface area contributed by atoms with Crippen molar-refractivity contribution in [2.24, 2.45) is 5.73 Å². The molecule has 0 radical (unpaired) electrons. The van der Waals surface area contributed by atoms with Gasteiger partial charge in [-0.1, -0.05) is 78.9 Å². The van der Waals surface area contributed by atoms with Gasteiger partial charge >= 0.3 is 12.1 Å². The molecule has 1 fully saturated rings. The standard InChI is InChI=1S/C39H49N5O9/c1-38(2,3)52-37(50)42-23-14-13-22-39(40,36(48)49)33(53-44-28-19-11-6-12-20-28)30(45)31-32(51-31)35(47)43-29(25-27-17-9-5-10-18-27)34(46)41-24-21-26-15-7-4-8-16-26/h4-12,15-20,29,31-33,44H,13-14,21-25,40H2,1-3H3,(H,41,46)(H,42,50)(H,43,47)(H,48,49)/t29?,31-,32+,33?,39+/m1/s1. The number of amides is 3. The number of carbonyl (C=O) groups is 5. The van der Waals surface area contributed by atoms with Crippen molar-refractivity contribution in [3.05, 3.63) is 102 Å². The van der Waals surface area contributed by atoms with Gasteiger partial charge in [-0.3, -0.25) is 29.5 Å². The van der Waals surface area contributed by atoms with Crippen molar-refractivity contribution in [2.75, 3.05) is 18.6 Å². The predicted octanol–water partition coefficient (Wildman–Crippen LogP) is 3.30. The van der Waals surface area contributed by atoms with Gasteiger partial charge in [0.25, 0.3) is 5.91 Å². The zero-order valence-corrected chi connectivity index (χ0v) is 30.2. The van der Waals surface area contributed by atoms with E-state index >= 15 is 0 Å². The lowest BCUT2D eigenvalue weighted by molar-refractivity contribution is -0.155. The normalized spacial score (nSPS) is 17.3. The predicted molar refractivity (Wildman–Crippen MR) is 196 cm³/mol. The number of alkyl carbamates (subject to hydrolysis) is 1. The highest BCUT2D eigenvalue weighted by molar-refractivity contribution is 6.02. The molecule has 0 aromatic heterocycles. The molecule has 3 aromatic carbocycles. The summed E-state index contributed by atoms with van der Waals surface area (Å²) < 4.78 is 10.7. The zero-order valence-electron chi connectivity index (χ0n) is 30.2. The van der Waals surface area contributed by atoms with E-state index in [9.17, 15) is 29.1 Å². The average Bonchev–Trinajstić information content (AvgIpc) is 3.93. The molecule has 0 bridgehead atoms. The Balaban J connectivity index is 1.43. The Labute approximate surface area is 309 Å².